The molecule has 1 fully saturated rings. The summed E-state index contributed by atoms with van der Waals surface area (Å²) in [6.45, 7) is 4.61. The van der Waals surface area contributed by atoms with Gasteiger partial charge in [0, 0.05) is 29.9 Å². The van der Waals surface area contributed by atoms with Crippen molar-refractivity contribution in [1.29, 1.82) is 0 Å². The summed E-state index contributed by atoms with van der Waals surface area (Å²) in [5.41, 5.74) is 3.99. The molecular formula is C22H23N7O. The van der Waals surface area contributed by atoms with Gasteiger partial charge in [0.1, 0.15) is 24.5 Å². The third-order valence-electron chi connectivity index (χ3n) is 5.18. The van der Waals surface area contributed by atoms with E-state index in [0.29, 0.717) is 12.5 Å². The van der Waals surface area contributed by atoms with E-state index in [-0.39, 0.29) is 6.10 Å². The molecule has 1 aliphatic rings. The number of nitrogens with one attached hydrogen (secondary N) is 2. The van der Waals surface area contributed by atoms with Crippen LogP contribution in [0.2, 0.25) is 0 Å². The van der Waals surface area contributed by atoms with Gasteiger partial charge in [-0.3, -0.25) is 0 Å². The lowest BCUT2D eigenvalue weighted by Crippen LogP contribution is -2.20. The summed E-state index contributed by atoms with van der Waals surface area (Å²) in [6.07, 6.45) is 6.33. The van der Waals surface area contributed by atoms with Crippen molar-refractivity contribution in [2.75, 3.05) is 18.4 Å². The molecule has 0 amide bonds. The van der Waals surface area contributed by atoms with Crippen molar-refractivity contribution in [3.63, 3.8) is 0 Å². The van der Waals surface area contributed by atoms with Crippen LogP contribution < -0.4 is 15.4 Å². The third-order valence-corrected chi connectivity index (χ3v) is 5.18. The van der Waals surface area contributed by atoms with E-state index < -0.39 is 0 Å². The molecule has 0 aliphatic carbocycles. The van der Waals surface area contributed by atoms with Crippen LogP contribution in [0.4, 0.5) is 11.6 Å². The van der Waals surface area contributed by atoms with Crippen LogP contribution in [-0.2, 0) is 6.54 Å². The fourth-order valence-corrected chi connectivity index (χ4v) is 3.65. The maximum atomic E-state index is 6.18. The molecule has 3 heterocycles. The maximum absolute atomic E-state index is 6.18. The van der Waals surface area contributed by atoms with Crippen LogP contribution in [-0.4, -0.2) is 43.9 Å². The highest BCUT2D eigenvalue weighted by Gasteiger charge is 2.17. The Bertz CT molecular complexity index is 1150. The Morgan fingerprint density at radius 2 is 2.23 bits per heavy atom. The minimum atomic E-state index is 0.216. The Hall–Kier alpha value is -3.52. The Balaban J connectivity index is 1.37. The van der Waals surface area contributed by atoms with Crippen molar-refractivity contribution < 1.29 is 4.74 Å². The standard InChI is InChI=1S/C22H23N7O/c1-15-7-17-10-25-22(28-20(17)9-21(15)30-19-5-6-23-11-19)27-18-4-2-3-16(8-18)12-29-14-24-13-26-29/h2-4,7-10,13-14,19,23H,5-6,11-12H2,1H3,(H,25,27,28)/t19-/m1/s1. The molecule has 0 unspecified atom stereocenters. The van der Waals surface area contributed by atoms with Crippen LogP contribution in [0.5, 0.6) is 5.75 Å². The number of rotatable bonds is 6. The molecule has 4 aromatic rings. The van der Waals surface area contributed by atoms with Gasteiger partial charge in [0.2, 0.25) is 5.95 Å². The zero-order chi connectivity index (χ0) is 20.3. The second-order valence-corrected chi connectivity index (χ2v) is 7.52. The normalized spacial score (nSPS) is 16.1. The van der Waals surface area contributed by atoms with E-state index in [9.17, 15) is 0 Å². The first-order chi connectivity index (χ1) is 14.7. The predicted molar refractivity (Wildman–Crippen MR) is 115 cm³/mol. The zero-order valence-corrected chi connectivity index (χ0v) is 16.7. The van der Waals surface area contributed by atoms with Gasteiger partial charge < -0.3 is 15.4 Å². The molecule has 152 valence electrons. The van der Waals surface area contributed by atoms with Crippen LogP contribution in [0.3, 0.4) is 0 Å². The van der Waals surface area contributed by atoms with Gasteiger partial charge in [-0.1, -0.05) is 12.1 Å². The smallest absolute Gasteiger partial charge is 0.227 e. The Morgan fingerprint density at radius 3 is 3.07 bits per heavy atom. The van der Waals surface area contributed by atoms with E-state index >= 15 is 0 Å². The predicted octanol–water partition coefficient (Wildman–Crippen LogP) is 3.06. The second kappa shape index (κ2) is 8.08. The molecular weight excluding hydrogens is 378 g/mol. The first kappa shape index (κ1) is 18.5. The van der Waals surface area contributed by atoms with Gasteiger partial charge in [-0.15, -0.1) is 0 Å². The van der Waals surface area contributed by atoms with Crippen molar-refractivity contribution in [2.45, 2.75) is 26.0 Å². The molecule has 1 saturated heterocycles. The van der Waals surface area contributed by atoms with Crippen LogP contribution in [0.1, 0.15) is 17.5 Å². The first-order valence-corrected chi connectivity index (χ1v) is 10.1. The van der Waals surface area contributed by atoms with E-state index in [0.717, 1.165) is 53.0 Å². The molecule has 0 bridgehead atoms. The molecule has 8 nitrogen and oxygen atoms in total. The van der Waals surface area contributed by atoms with E-state index in [1.54, 1.807) is 11.0 Å². The second-order valence-electron chi connectivity index (χ2n) is 7.52. The summed E-state index contributed by atoms with van der Waals surface area (Å²) in [7, 11) is 0. The lowest BCUT2D eigenvalue weighted by Gasteiger charge is -2.15. The molecule has 1 aliphatic heterocycles. The molecule has 8 heteroatoms. The topological polar surface area (TPSA) is 89.8 Å². The molecule has 0 spiro atoms. The van der Waals surface area contributed by atoms with Gasteiger partial charge in [0.15, 0.2) is 0 Å². The monoisotopic (exact) mass is 401 g/mol. The summed E-state index contributed by atoms with van der Waals surface area (Å²) in [5, 5.41) is 11.8. The first-order valence-electron chi connectivity index (χ1n) is 10.1. The third kappa shape index (κ3) is 4.08. The Morgan fingerprint density at radius 1 is 1.27 bits per heavy atom. The molecule has 5 rings (SSSR count). The molecule has 30 heavy (non-hydrogen) atoms. The zero-order valence-electron chi connectivity index (χ0n) is 16.7. The minimum absolute atomic E-state index is 0.216. The summed E-state index contributed by atoms with van der Waals surface area (Å²) < 4.78 is 7.97. The number of fused-ring (bicyclic) bond motifs is 1. The van der Waals surface area contributed by atoms with Crippen molar-refractivity contribution in [2.24, 2.45) is 0 Å². The number of hydrogen-bond donors (Lipinski definition) is 2. The maximum Gasteiger partial charge on any atom is 0.227 e. The molecule has 0 radical (unpaired) electrons. The lowest BCUT2D eigenvalue weighted by atomic mass is 10.1. The summed E-state index contributed by atoms with van der Waals surface area (Å²) in [5.74, 6) is 1.44. The van der Waals surface area contributed by atoms with Gasteiger partial charge in [0.05, 0.1) is 12.1 Å². The fourth-order valence-electron chi connectivity index (χ4n) is 3.65. The SMILES string of the molecule is Cc1cc2cnc(Nc3cccc(Cn4cncn4)c3)nc2cc1O[C@@H]1CCNC1. The minimum Gasteiger partial charge on any atom is -0.489 e. The van der Waals surface area contributed by atoms with Crippen molar-refractivity contribution in [3.8, 4) is 5.75 Å². The van der Waals surface area contributed by atoms with Crippen molar-refractivity contribution in [1.82, 2.24) is 30.0 Å². The summed E-state index contributed by atoms with van der Waals surface area (Å²) >= 11 is 0. The number of nitrogens with zero attached hydrogens (tertiary/aromatic N) is 5. The largest absolute Gasteiger partial charge is 0.489 e. The highest BCUT2D eigenvalue weighted by Crippen LogP contribution is 2.27. The molecule has 0 saturated carbocycles. The van der Waals surface area contributed by atoms with Crippen LogP contribution >= 0.6 is 0 Å². The van der Waals surface area contributed by atoms with Crippen LogP contribution in [0.25, 0.3) is 10.9 Å². The van der Waals surface area contributed by atoms with Crippen LogP contribution in [0.15, 0.2) is 55.2 Å². The Labute approximate surface area is 174 Å². The van der Waals surface area contributed by atoms with E-state index in [2.05, 4.69) is 50.8 Å². The van der Waals surface area contributed by atoms with Crippen LogP contribution in [0, 0.1) is 6.92 Å². The van der Waals surface area contributed by atoms with Crippen molar-refractivity contribution in [3.05, 3.63) is 66.4 Å². The molecule has 1 atom stereocenters. The van der Waals surface area contributed by atoms with Gasteiger partial charge in [-0.05, 0) is 49.2 Å². The highest BCUT2D eigenvalue weighted by molar-refractivity contribution is 5.82. The quantitative estimate of drug-likeness (QED) is 0.513. The number of ether oxygens (including phenoxy) is 1. The van der Waals surface area contributed by atoms with Crippen molar-refractivity contribution >= 4 is 22.5 Å². The number of aryl methyl sites for hydroxylation is 1. The van der Waals surface area contributed by atoms with Gasteiger partial charge in [0.25, 0.3) is 0 Å². The van der Waals surface area contributed by atoms with Gasteiger partial charge in [-0.2, -0.15) is 5.10 Å². The average molecular weight is 401 g/mol. The van der Waals surface area contributed by atoms with E-state index in [1.807, 2.05) is 24.4 Å². The highest BCUT2D eigenvalue weighted by atomic mass is 16.5. The molecule has 2 aromatic carbocycles. The number of benzene rings is 2. The molecule has 2 aromatic heterocycles. The van der Waals surface area contributed by atoms with Gasteiger partial charge >= 0.3 is 0 Å². The summed E-state index contributed by atoms with van der Waals surface area (Å²) in [6, 6.07) is 12.2. The fraction of sp³-hybridized carbons (Fsp3) is 0.273. The Kier molecular flexibility index (Phi) is 4.98. The molecule has 2 N–H and O–H groups in total. The number of aromatic nitrogens is 5. The summed E-state index contributed by atoms with van der Waals surface area (Å²) in [4.78, 5) is 13.2. The van der Waals surface area contributed by atoms with E-state index in [1.165, 1.54) is 6.33 Å². The van der Waals surface area contributed by atoms with Gasteiger partial charge in [-0.25, -0.2) is 19.6 Å². The van der Waals surface area contributed by atoms with E-state index in [4.69, 9.17) is 9.72 Å². The number of anilines is 2. The number of hydrogen-bond acceptors (Lipinski definition) is 7. The lowest BCUT2D eigenvalue weighted by molar-refractivity contribution is 0.222. The average Bonchev–Trinajstić information content (AvgIpc) is 3.43.